The minimum atomic E-state index is -0.228. The third kappa shape index (κ3) is 4.64. The molecule has 0 saturated heterocycles. The molecule has 6 heteroatoms. The van der Waals surface area contributed by atoms with Crippen molar-refractivity contribution in [2.75, 3.05) is 5.32 Å². The number of anilines is 1. The molecule has 4 nitrogen and oxygen atoms in total. The highest BCUT2D eigenvalue weighted by Gasteiger charge is 2.14. The molecule has 1 aromatic heterocycles. The maximum absolute atomic E-state index is 12.4. The van der Waals surface area contributed by atoms with Gasteiger partial charge in [0.1, 0.15) is 0 Å². The van der Waals surface area contributed by atoms with E-state index in [-0.39, 0.29) is 11.0 Å². The van der Waals surface area contributed by atoms with E-state index in [0.717, 1.165) is 21.7 Å². The lowest BCUT2D eigenvalue weighted by molar-refractivity contribution is 0.0977. The molecule has 1 heterocycles. The predicted octanol–water partition coefficient (Wildman–Crippen LogP) is 5.68. The first-order valence-corrected chi connectivity index (χ1v) is 10.3. The van der Waals surface area contributed by atoms with Gasteiger partial charge in [0.05, 0.1) is 5.69 Å². The van der Waals surface area contributed by atoms with Crippen molar-refractivity contribution in [3.8, 4) is 11.3 Å². The summed E-state index contributed by atoms with van der Waals surface area (Å²) in [6.45, 7) is 8.28. The molecule has 2 aromatic carbocycles. The number of nitrogens with one attached hydrogen (secondary N) is 2. The second-order valence-electron chi connectivity index (χ2n) is 6.92. The van der Waals surface area contributed by atoms with Gasteiger partial charge in [-0.15, -0.1) is 11.3 Å². The number of carbonyl (C=O) groups excluding carboxylic acids is 1. The Bertz CT molecular complexity index is 1010. The van der Waals surface area contributed by atoms with Crippen molar-refractivity contribution >= 4 is 39.7 Å². The number of hydrogen-bond acceptors (Lipinski definition) is 4. The molecule has 144 valence electrons. The standard InChI is InChI=1S/C22H23N3OS2/c1-13(2)16-9-11-17(12-10-16)19-15(4)28-22(23-19)25-21(27)24-20(26)18-8-6-5-7-14(18)3/h5-13H,1-4H3,(H2,23,24,25,26,27). The van der Waals surface area contributed by atoms with Crippen LogP contribution in [0, 0.1) is 13.8 Å². The molecule has 0 atom stereocenters. The molecule has 2 N–H and O–H groups in total. The van der Waals surface area contributed by atoms with Crippen molar-refractivity contribution in [3.63, 3.8) is 0 Å². The number of hydrogen-bond donors (Lipinski definition) is 2. The van der Waals surface area contributed by atoms with Crippen LogP contribution in [0.25, 0.3) is 11.3 Å². The molecule has 3 rings (SSSR count). The van der Waals surface area contributed by atoms with E-state index in [1.165, 1.54) is 16.9 Å². The summed E-state index contributed by atoms with van der Waals surface area (Å²) in [5.74, 6) is 0.269. The zero-order chi connectivity index (χ0) is 20.3. The van der Waals surface area contributed by atoms with Crippen LogP contribution in [0.15, 0.2) is 48.5 Å². The molecule has 0 aliphatic carbocycles. The van der Waals surface area contributed by atoms with Crippen LogP contribution in [-0.4, -0.2) is 16.0 Å². The van der Waals surface area contributed by atoms with Crippen molar-refractivity contribution in [3.05, 3.63) is 70.1 Å². The molecule has 0 aliphatic heterocycles. The minimum absolute atomic E-state index is 0.228. The lowest BCUT2D eigenvalue weighted by Gasteiger charge is -2.09. The Morgan fingerprint density at radius 1 is 1.07 bits per heavy atom. The number of rotatable bonds is 4. The van der Waals surface area contributed by atoms with Crippen molar-refractivity contribution in [1.82, 2.24) is 10.3 Å². The fourth-order valence-electron chi connectivity index (χ4n) is 2.87. The molecule has 0 bridgehead atoms. The summed E-state index contributed by atoms with van der Waals surface area (Å²) >= 11 is 6.81. The van der Waals surface area contributed by atoms with Crippen LogP contribution in [0.2, 0.25) is 0 Å². The topological polar surface area (TPSA) is 54.0 Å². The molecule has 28 heavy (non-hydrogen) atoms. The first-order chi connectivity index (χ1) is 13.3. The van der Waals surface area contributed by atoms with Gasteiger partial charge in [0.15, 0.2) is 10.2 Å². The van der Waals surface area contributed by atoms with Gasteiger partial charge in [-0.3, -0.25) is 10.1 Å². The third-order valence-electron chi connectivity index (χ3n) is 4.48. The Hall–Kier alpha value is -2.57. The van der Waals surface area contributed by atoms with Crippen LogP contribution in [0.3, 0.4) is 0 Å². The minimum Gasteiger partial charge on any atom is -0.308 e. The highest BCUT2D eigenvalue weighted by atomic mass is 32.1. The summed E-state index contributed by atoms with van der Waals surface area (Å²) in [5, 5.41) is 6.65. The lowest BCUT2D eigenvalue weighted by Crippen LogP contribution is -2.34. The summed E-state index contributed by atoms with van der Waals surface area (Å²) in [6, 6.07) is 15.9. The number of nitrogens with zero attached hydrogens (tertiary/aromatic N) is 1. The van der Waals surface area contributed by atoms with Crippen molar-refractivity contribution in [1.29, 1.82) is 0 Å². The first kappa shape index (κ1) is 20.2. The summed E-state index contributed by atoms with van der Waals surface area (Å²) in [4.78, 5) is 18.1. The van der Waals surface area contributed by atoms with E-state index in [4.69, 9.17) is 12.2 Å². The van der Waals surface area contributed by atoms with Crippen LogP contribution in [0.4, 0.5) is 5.13 Å². The lowest BCUT2D eigenvalue weighted by atomic mass is 10.0. The van der Waals surface area contributed by atoms with E-state index in [1.807, 2.05) is 32.0 Å². The molecule has 3 aromatic rings. The monoisotopic (exact) mass is 409 g/mol. The Morgan fingerprint density at radius 3 is 2.39 bits per heavy atom. The van der Waals surface area contributed by atoms with Crippen molar-refractivity contribution < 1.29 is 4.79 Å². The summed E-state index contributed by atoms with van der Waals surface area (Å²) < 4.78 is 0. The highest BCUT2D eigenvalue weighted by molar-refractivity contribution is 7.80. The number of carbonyl (C=O) groups is 1. The van der Waals surface area contributed by atoms with Crippen LogP contribution in [0.1, 0.15) is 46.1 Å². The van der Waals surface area contributed by atoms with Gasteiger partial charge in [-0.25, -0.2) is 4.98 Å². The summed E-state index contributed by atoms with van der Waals surface area (Å²) in [6.07, 6.45) is 0. The summed E-state index contributed by atoms with van der Waals surface area (Å²) in [7, 11) is 0. The molecule has 0 radical (unpaired) electrons. The fraction of sp³-hybridized carbons (Fsp3) is 0.227. The number of aromatic nitrogens is 1. The van der Waals surface area contributed by atoms with Crippen LogP contribution >= 0.6 is 23.6 Å². The molecule has 0 unspecified atom stereocenters. The van der Waals surface area contributed by atoms with Crippen LogP contribution < -0.4 is 10.6 Å². The molecular weight excluding hydrogens is 386 g/mol. The van der Waals surface area contributed by atoms with Gasteiger partial charge >= 0.3 is 0 Å². The highest BCUT2D eigenvalue weighted by Crippen LogP contribution is 2.31. The number of thiocarbonyl (C=S) groups is 1. The molecule has 0 saturated carbocycles. The normalized spacial score (nSPS) is 10.8. The van der Waals surface area contributed by atoms with E-state index in [2.05, 4.69) is 53.7 Å². The van der Waals surface area contributed by atoms with Gasteiger partial charge < -0.3 is 5.32 Å². The van der Waals surface area contributed by atoms with Gasteiger partial charge in [-0.2, -0.15) is 0 Å². The second-order valence-corrected chi connectivity index (χ2v) is 8.54. The maximum Gasteiger partial charge on any atom is 0.257 e. The summed E-state index contributed by atoms with van der Waals surface area (Å²) in [5.41, 5.74) is 4.81. The zero-order valence-corrected chi connectivity index (χ0v) is 18.0. The van der Waals surface area contributed by atoms with Crippen molar-refractivity contribution in [2.45, 2.75) is 33.6 Å². The number of thiazole rings is 1. The largest absolute Gasteiger partial charge is 0.308 e. The Kier molecular flexibility index (Phi) is 6.21. The Morgan fingerprint density at radius 2 is 1.75 bits per heavy atom. The quantitative estimate of drug-likeness (QED) is 0.545. The van der Waals surface area contributed by atoms with E-state index in [0.29, 0.717) is 16.6 Å². The van der Waals surface area contributed by atoms with Crippen LogP contribution in [-0.2, 0) is 0 Å². The third-order valence-corrected chi connectivity index (χ3v) is 5.57. The van der Waals surface area contributed by atoms with Gasteiger partial charge in [-0.1, -0.05) is 56.3 Å². The zero-order valence-electron chi connectivity index (χ0n) is 16.4. The van der Waals surface area contributed by atoms with E-state index >= 15 is 0 Å². The average Bonchev–Trinajstić information content (AvgIpc) is 3.01. The van der Waals surface area contributed by atoms with Gasteiger partial charge in [0.25, 0.3) is 5.91 Å². The van der Waals surface area contributed by atoms with E-state index in [9.17, 15) is 4.79 Å². The number of aryl methyl sites for hydroxylation is 2. The van der Waals surface area contributed by atoms with Crippen molar-refractivity contribution in [2.24, 2.45) is 0 Å². The molecule has 0 fully saturated rings. The molecule has 0 aliphatic rings. The molecular formula is C22H23N3OS2. The van der Waals surface area contributed by atoms with E-state index in [1.54, 1.807) is 6.07 Å². The van der Waals surface area contributed by atoms with Crippen LogP contribution in [0.5, 0.6) is 0 Å². The SMILES string of the molecule is Cc1ccccc1C(=O)NC(=S)Nc1nc(-c2ccc(C(C)C)cc2)c(C)s1. The van der Waals surface area contributed by atoms with E-state index < -0.39 is 0 Å². The fourth-order valence-corrected chi connectivity index (χ4v) is 3.96. The maximum atomic E-state index is 12.4. The second kappa shape index (κ2) is 8.63. The first-order valence-electron chi connectivity index (χ1n) is 9.11. The van der Waals surface area contributed by atoms with Gasteiger partial charge in [0.2, 0.25) is 0 Å². The average molecular weight is 410 g/mol. The Labute approximate surface area is 175 Å². The number of amides is 1. The smallest absolute Gasteiger partial charge is 0.257 e. The Balaban J connectivity index is 1.70. The van der Waals surface area contributed by atoms with Gasteiger partial charge in [-0.05, 0) is 49.2 Å². The number of benzene rings is 2. The molecule has 1 amide bonds. The predicted molar refractivity (Wildman–Crippen MR) is 121 cm³/mol. The molecule has 0 spiro atoms. The van der Waals surface area contributed by atoms with Gasteiger partial charge in [0, 0.05) is 16.0 Å².